The number of primary amides is 1. The van der Waals surface area contributed by atoms with E-state index >= 15 is 0 Å². The highest BCUT2D eigenvalue weighted by atomic mass is 16.4. The monoisotopic (exact) mass is 185 g/mol. The van der Waals surface area contributed by atoms with E-state index in [2.05, 4.69) is 32.0 Å². The van der Waals surface area contributed by atoms with Crippen LogP contribution in [-0.4, -0.2) is 17.0 Å². The molecule has 74 valence electrons. The van der Waals surface area contributed by atoms with Gasteiger partial charge in [-0.2, -0.15) is 0 Å². The second-order valence-corrected chi connectivity index (χ2v) is 1.69. The van der Waals surface area contributed by atoms with E-state index in [4.69, 9.17) is 5.11 Å². The lowest BCUT2D eigenvalue weighted by molar-refractivity contribution is -0.132. The molecule has 0 bridgehead atoms. The lowest BCUT2D eigenvalue weighted by Crippen LogP contribution is -2.04. The Morgan fingerprint density at radius 1 is 1.38 bits per heavy atom. The molecule has 0 fully saturated rings. The molecule has 0 unspecified atom stereocenters. The standard InChI is InChI=1S/C4H6O2.C3H5NO.C2H4/c1-3(2)4(5)6;1-2-3(4)5;1-2/h1H2,2H3,(H,5,6);2H,1H2,(H2,4,5);1-2H2. The zero-order chi connectivity index (χ0) is 11.4. The molecule has 0 saturated carbocycles. The quantitative estimate of drug-likeness (QED) is 0.499. The van der Waals surface area contributed by atoms with Crippen LogP contribution >= 0.6 is 0 Å². The summed E-state index contributed by atoms with van der Waals surface area (Å²) in [5.74, 6) is -1.42. The molecule has 13 heavy (non-hydrogen) atoms. The predicted molar refractivity (Wildman–Crippen MR) is 53.1 cm³/mol. The summed E-state index contributed by atoms with van der Waals surface area (Å²) in [5, 5.41) is 7.89. The minimum Gasteiger partial charge on any atom is -0.478 e. The SMILES string of the molecule is C=C.C=C(C)C(=O)O.C=CC(N)=O. The van der Waals surface area contributed by atoms with E-state index in [1.54, 1.807) is 0 Å². The Morgan fingerprint density at radius 3 is 1.54 bits per heavy atom. The van der Waals surface area contributed by atoms with Crippen LogP contribution in [0.5, 0.6) is 0 Å². The van der Waals surface area contributed by atoms with Gasteiger partial charge in [0.15, 0.2) is 0 Å². The first-order valence-electron chi connectivity index (χ1n) is 3.22. The number of rotatable bonds is 2. The van der Waals surface area contributed by atoms with Crippen molar-refractivity contribution >= 4 is 11.9 Å². The molecule has 0 aromatic carbocycles. The van der Waals surface area contributed by atoms with E-state index in [-0.39, 0.29) is 5.57 Å². The normalized spacial score (nSPS) is 6.23. The molecule has 0 aromatic heterocycles. The Bertz CT molecular complexity index is 185. The minimum atomic E-state index is -0.935. The fourth-order valence-electron chi connectivity index (χ4n) is 0. The lowest BCUT2D eigenvalue weighted by atomic mass is 10.4. The van der Waals surface area contributed by atoms with E-state index in [9.17, 15) is 9.59 Å². The van der Waals surface area contributed by atoms with Crippen LogP contribution in [0.25, 0.3) is 0 Å². The van der Waals surface area contributed by atoms with Crippen molar-refractivity contribution in [3.05, 3.63) is 38.0 Å². The molecular weight excluding hydrogens is 170 g/mol. The molecule has 4 nitrogen and oxygen atoms in total. The largest absolute Gasteiger partial charge is 0.478 e. The smallest absolute Gasteiger partial charge is 0.330 e. The number of hydrogen-bond donors (Lipinski definition) is 2. The third-order valence-corrected chi connectivity index (χ3v) is 0.566. The number of amides is 1. The summed E-state index contributed by atoms with van der Waals surface area (Å²) in [7, 11) is 0. The van der Waals surface area contributed by atoms with Crippen molar-refractivity contribution in [2.75, 3.05) is 0 Å². The third-order valence-electron chi connectivity index (χ3n) is 0.566. The topological polar surface area (TPSA) is 80.4 Å². The summed E-state index contributed by atoms with van der Waals surface area (Å²) >= 11 is 0. The van der Waals surface area contributed by atoms with E-state index in [0.717, 1.165) is 6.08 Å². The van der Waals surface area contributed by atoms with Crippen molar-refractivity contribution in [2.45, 2.75) is 6.92 Å². The molecule has 0 saturated heterocycles. The molecule has 4 heteroatoms. The van der Waals surface area contributed by atoms with Gasteiger partial charge < -0.3 is 10.8 Å². The highest BCUT2D eigenvalue weighted by Gasteiger charge is 1.90. The van der Waals surface area contributed by atoms with Gasteiger partial charge in [0.05, 0.1) is 0 Å². The van der Waals surface area contributed by atoms with Crippen LogP contribution in [0.4, 0.5) is 0 Å². The van der Waals surface area contributed by atoms with Crippen LogP contribution in [0.2, 0.25) is 0 Å². The number of carboxylic acids is 1. The van der Waals surface area contributed by atoms with Gasteiger partial charge in [-0.15, -0.1) is 13.2 Å². The molecule has 0 spiro atoms. The van der Waals surface area contributed by atoms with Gasteiger partial charge in [-0.25, -0.2) is 4.79 Å². The fourth-order valence-corrected chi connectivity index (χ4v) is 0. The van der Waals surface area contributed by atoms with Crippen molar-refractivity contribution in [2.24, 2.45) is 5.73 Å². The van der Waals surface area contributed by atoms with E-state index in [0.29, 0.717) is 0 Å². The summed E-state index contributed by atoms with van der Waals surface area (Å²) in [4.78, 5) is 19.1. The second-order valence-electron chi connectivity index (χ2n) is 1.69. The Hall–Kier alpha value is -1.84. The third kappa shape index (κ3) is 39.1. The molecule has 0 heterocycles. The summed E-state index contributed by atoms with van der Waals surface area (Å²) in [5.41, 5.74) is 4.71. The van der Waals surface area contributed by atoms with E-state index < -0.39 is 11.9 Å². The van der Waals surface area contributed by atoms with Crippen LogP contribution in [0.1, 0.15) is 6.92 Å². The van der Waals surface area contributed by atoms with Gasteiger partial charge in [0, 0.05) is 5.57 Å². The Labute approximate surface area is 78.1 Å². The molecule has 3 N–H and O–H groups in total. The highest BCUT2D eigenvalue weighted by Crippen LogP contribution is 1.81. The Balaban J connectivity index is -0.000000131. The number of aliphatic carboxylic acids is 1. The number of nitrogens with two attached hydrogens (primary N) is 1. The summed E-state index contributed by atoms with van der Waals surface area (Å²) in [6.45, 7) is 13.7. The summed E-state index contributed by atoms with van der Waals surface area (Å²) in [6.07, 6.45) is 1.06. The van der Waals surface area contributed by atoms with Crippen LogP contribution in [0.3, 0.4) is 0 Å². The van der Waals surface area contributed by atoms with Gasteiger partial charge in [-0.1, -0.05) is 13.2 Å². The van der Waals surface area contributed by atoms with Crippen LogP contribution in [-0.2, 0) is 9.59 Å². The molecule has 0 aliphatic rings. The zero-order valence-electron chi connectivity index (χ0n) is 7.75. The minimum absolute atomic E-state index is 0.176. The van der Waals surface area contributed by atoms with Crippen molar-refractivity contribution in [3.8, 4) is 0 Å². The number of hydrogen-bond acceptors (Lipinski definition) is 2. The van der Waals surface area contributed by atoms with Crippen LogP contribution in [0, 0.1) is 0 Å². The van der Waals surface area contributed by atoms with E-state index in [1.165, 1.54) is 6.92 Å². The average Bonchev–Trinajstić information content (AvgIpc) is 2.09. The Morgan fingerprint density at radius 2 is 1.54 bits per heavy atom. The number of carbonyl (C=O) groups is 2. The van der Waals surface area contributed by atoms with Crippen LogP contribution in [0.15, 0.2) is 38.0 Å². The van der Waals surface area contributed by atoms with Gasteiger partial charge in [-0.05, 0) is 13.0 Å². The molecule has 0 aliphatic carbocycles. The molecule has 0 aromatic rings. The van der Waals surface area contributed by atoms with Crippen molar-refractivity contribution in [1.82, 2.24) is 0 Å². The maximum atomic E-state index is 9.60. The second kappa shape index (κ2) is 12.8. The van der Waals surface area contributed by atoms with Gasteiger partial charge in [-0.3, -0.25) is 4.79 Å². The van der Waals surface area contributed by atoms with Crippen molar-refractivity contribution < 1.29 is 14.7 Å². The molecule has 0 radical (unpaired) electrons. The number of carbonyl (C=O) groups excluding carboxylic acids is 1. The fraction of sp³-hybridized carbons (Fsp3) is 0.111. The first-order valence-corrected chi connectivity index (χ1v) is 3.22. The van der Waals surface area contributed by atoms with E-state index in [1.807, 2.05) is 0 Å². The molecule has 0 aliphatic heterocycles. The Kier molecular flexibility index (Phi) is 17.0. The summed E-state index contributed by atoms with van der Waals surface area (Å²) in [6, 6.07) is 0. The maximum Gasteiger partial charge on any atom is 0.330 e. The van der Waals surface area contributed by atoms with Crippen molar-refractivity contribution in [1.29, 1.82) is 0 Å². The summed E-state index contributed by atoms with van der Waals surface area (Å²) < 4.78 is 0. The molecule has 1 amide bonds. The average molecular weight is 185 g/mol. The molecule has 0 rings (SSSR count). The maximum absolute atomic E-state index is 9.60. The van der Waals surface area contributed by atoms with Gasteiger partial charge in [0.25, 0.3) is 0 Å². The van der Waals surface area contributed by atoms with Gasteiger partial charge in [0.2, 0.25) is 5.91 Å². The first-order chi connectivity index (χ1) is 5.91. The number of carboxylic acid groups (broad SMARTS) is 1. The first kappa shape index (κ1) is 17.3. The molecule has 0 atom stereocenters. The van der Waals surface area contributed by atoms with Gasteiger partial charge >= 0.3 is 5.97 Å². The van der Waals surface area contributed by atoms with Crippen molar-refractivity contribution in [3.63, 3.8) is 0 Å². The lowest BCUT2D eigenvalue weighted by Gasteiger charge is -1.79. The van der Waals surface area contributed by atoms with Gasteiger partial charge in [0.1, 0.15) is 0 Å². The zero-order valence-corrected chi connectivity index (χ0v) is 7.75. The molecular formula is C9H15NO3. The van der Waals surface area contributed by atoms with Crippen LogP contribution < -0.4 is 5.73 Å². The predicted octanol–water partition coefficient (Wildman–Crippen LogP) is 1.11. The highest BCUT2D eigenvalue weighted by molar-refractivity contribution is 5.85.